The average Bonchev–Trinajstić information content (AvgIpc) is 3.07. The summed E-state index contributed by atoms with van der Waals surface area (Å²) in [4.78, 5) is 0. The van der Waals surface area contributed by atoms with Gasteiger partial charge in [0.1, 0.15) is 0 Å². The molecule has 5 aromatic carbocycles. The highest BCUT2D eigenvalue weighted by molar-refractivity contribution is 7.73. The van der Waals surface area contributed by atoms with E-state index in [2.05, 4.69) is 170 Å². The van der Waals surface area contributed by atoms with Gasteiger partial charge in [-0.05, 0) is 73.0 Å². The smallest absolute Gasteiger partial charge is 0.0211 e. The lowest BCUT2D eigenvalue weighted by molar-refractivity contribution is 0.430. The molecule has 5 aromatic rings. The van der Waals surface area contributed by atoms with Gasteiger partial charge in [0.2, 0.25) is 0 Å². The van der Waals surface area contributed by atoms with E-state index in [9.17, 15) is 0 Å². The Kier molecular flexibility index (Phi) is 12.1. The van der Waals surface area contributed by atoms with Crippen LogP contribution in [0.3, 0.4) is 0 Å². The molecule has 5 rings (SSSR count). The van der Waals surface area contributed by atoms with Crippen molar-refractivity contribution in [3.63, 3.8) is 0 Å². The first-order valence-electron chi connectivity index (χ1n) is 15.4. The largest absolute Gasteiger partial charge is 0.312 e. The predicted molar refractivity (Wildman–Crippen MR) is 191 cm³/mol. The van der Waals surface area contributed by atoms with E-state index in [1.807, 2.05) is 0 Å². The standard InChI is InChI=1S/C39H44N2P2/c1-32(2)39(31-43(37-23-11-5-12-24-37)38-25-13-6-14-26-38)41-30-34-18-16-15-17-33(34)29-40-27-28-42(35-19-7-3-8-20-35)36-21-9-4-10-22-36/h3-26,32,39-41H,27-31H2,1-2H3. The molecule has 0 fully saturated rings. The van der Waals surface area contributed by atoms with Crippen molar-refractivity contribution in [2.45, 2.75) is 33.0 Å². The van der Waals surface area contributed by atoms with Crippen molar-refractivity contribution in [3.05, 3.63) is 157 Å². The first-order valence-corrected chi connectivity index (χ1v) is 18.5. The fourth-order valence-electron chi connectivity index (χ4n) is 5.46. The molecule has 0 aliphatic rings. The normalized spacial score (nSPS) is 12.2. The third kappa shape index (κ3) is 9.18. The van der Waals surface area contributed by atoms with Crippen molar-refractivity contribution in [2.24, 2.45) is 5.92 Å². The zero-order chi connectivity index (χ0) is 29.7. The van der Waals surface area contributed by atoms with Gasteiger partial charge in [0, 0.05) is 19.1 Å². The molecule has 0 spiro atoms. The highest BCUT2D eigenvalue weighted by atomic mass is 31.1. The van der Waals surface area contributed by atoms with Gasteiger partial charge >= 0.3 is 0 Å². The molecular weight excluding hydrogens is 558 g/mol. The number of benzene rings is 5. The van der Waals surface area contributed by atoms with Crippen LogP contribution >= 0.6 is 15.8 Å². The van der Waals surface area contributed by atoms with Crippen LogP contribution < -0.4 is 31.9 Å². The molecular formula is C39H44N2P2. The van der Waals surface area contributed by atoms with Gasteiger partial charge in [0.15, 0.2) is 0 Å². The summed E-state index contributed by atoms with van der Waals surface area (Å²) in [5, 5.41) is 13.6. The maximum Gasteiger partial charge on any atom is 0.0211 e. The summed E-state index contributed by atoms with van der Waals surface area (Å²) < 4.78 is 0. The van der Waals surface area contributed by atoms with Crippen molar-refractivity contribution in [1.29, 1.82) is 0 Å². The monoisotopic (exact) mass is 602 g/mol. The Morgan fingerprint density at radius 3 is 1.33 bits per heavy atom. The lowest BCUT2D eigenvalue weighted by Crippen LogP contribution is -2.38. The molecule has 0 aliphatic heterocycles. The van der Waals surface area contributed by atoms with Gasteiger partial charge in [-0.15, -0.1) is 0 Å². The molecule has 0 aliphatic carbocycles. The molecule has 2 N–H and O–H groups in total. The molecule has 1 atom stereocenters. The molecule has 220 valence electrons. The number of hydrogen-bond donors (Lipinski definition) is 2. The van der Waals surface area contributed by atoms with Crippen LogP contribution in [0.4, 0.5) is 0 Å². The Labute approximate surface area is 261 Å². The molecule has 0 saturated heterocycles. The van der Waals surface area contributed by atoms with Crippen LogP contribution in [0, 0.1) is 5.92 Å². The van der Waals surface area contributed by atoms with Crippen LogP contribution in [0.2, 0.25) is 0 Å². The van der Waals surface area contributed by atoms with Gasteiger partial charge in [-0.25, -0.2) is 0 Å². The van der Waals surface area contributed by atoms with Crippen molar-refractivity contribution in [2.75, 3.05) is 18.9 Å². The molecule has 0 amide bonds. The Morgan fingerprint density at radius 2 is 0.884 bits per heavy atom. The van der Waals surface area contributed by atoms with Gasteiger partial charge < -0.3 is 10.6 Å². The zero-order valence-electron chi connectivity index (χ0n) is 25.4. The van der Waals surface area contributed by atoms with Crippen LogP contribution in [0.5, 0.6) is 0 Å². The fourth-order valence-corrected chi connectivity index (χ4v) is 10.5. The lowest BCUT2D eigenvalue weighted by Gasteiger charge is -2.29. The van der Waals surface area contributed by atoms with E-state index in [4.69, 9.17) is 0 Å². The third-order valence-corrected chi connectivity index (χ3v) is 13.1. The Balaban J connectivity index is 1.22. The molecule has 2 nitrogen and oxygen atoms in total. The molecule has 0 radical (unpaired) electrons. The minimum absolute atomic E-state index is 0.382. The second-order valence-corrected chi connectivity index (χ2v) is 15.9. The van der Waals surface area contributed by atoms with E-state index >= 15 is 0 Å². The topological polar surface area (TPSA) is 24.1 Å². The fraction of sp³-hybridized carbons (Fsp3) is 0.231. The van der Waals surface area contributed by atoms with Crippen LogP contribution in [-0.4, -0.2) is 24.9 Å². The average molecular weight is 603 g/mol. The van der Waals surface area contributed by atoms with Crippen LogP contribution in [-0.2, 0) is 13.1 Å². The molecule has 1 unspecified atom stereocenters. The number of hydrogen-bond acceptors (Lipinski definition) is 2. The third-order valence-electron chi connectivity index (χ3n) is 7.96. The van der Waals surface area contributed by atoms with Crippen molar-refractivity contribution >= 4 is 37.1 Å². The van der Waals surface area contributed by atoms with Crippen LogP contribution in [0.1, 0.15) is 25.0 Å². The molecule has 0 aromatic heterocycles. The van der Waals surface area contributed by atoms with E-state index in [0.29, 0.717) is 12.0 Å². The number of nitrogens with one attached hydrogen (secondary N) is 2. The van der Waals surface area contributed by atoms with Gasteiger partial charge in [0.25, 0.3) is 0 Å². The van der Waals surface area contributed by atoms with E-state index in [1.54, 1.807) is 0 Å². The first kappa shape index (κ1) is 31.3. The minimum Gasteiger partial charge on any atom is -0.312 e. The van der Waals surface area contributed by atoms with Crippen molar-refractivity contribution in [1.82, 2.24) is 10.6 Å². The summed E-state index contributed by atoms with van der Waals surface area (Å²) in [5.74, 6) is 0.540. The van der Waals surface area contributed by atoms with Gasteiger partial charge in [-0.2, -0.15) is 0 Å². The highest BCUT2D eigenvalue weighted by Crippen LogP contribution is 2.36. The Morgan fingerprint density at radius 1 is 0.488 bits per heavy atom. The SMILES string of the molecule is CC(C)C(CP(c1ccccc1)c1ccccc1)NCc1ccccc1CNCCP(c1ccccc1)c1ccccc1. The molecule has 0 bridgehead atoms. The molecule has 4 heteroatoms. The quantitative estimate of drug-likeness (QED) is 0.0982. The minimum atomic E-state index is -0.440. The van der Waals surface area contributed by atoms with E-state index in [1.165, 1.54) is 32.3 Å². The van der Waals surface area contributed by atoms with E-state index in [-0.39, 0.29) is 7.92 Å². The first-order chi connectivity index (χ1) is 21.2. The second kappa shape index (κ2) is 16.7. The van der Waals surface area contributed by atoms with Gasteiger partial charge in [0.05, 0.1) is 0 Å². The summed E-state index contributed by atoms with van der Waals surface area (Å²) in [7, 11) is -0.823. The lowest BCUT2D eigenvalue weighted by atomic mass is 10.0. The summed E-state index contributed by atoms with van der Waals surface area (Å²) >= 11 is 0. The second-order valence-electron chi connectivity index (χ2n) is 11.3. The van der Waals surface area contributed by atoms with Crippen molar-refractivity contribution in [3.8, 4) is 0 Å². The molecule has 0 heterocycles. The maximum absolute atomic E-state index is 3.99. The van der Waals surface area contributed by atoms with E-state index < -0.39 is 7.92 Å². The summed E-state index contributed by atoms with van der Waals surface area (Å²) in [5.41, 5.74) is 2.77. The maximum atomic E-state index is 3.99. The van der Waals surface area contributed by atoms with Gasteiger partial charge in [-0.1, -0.05) is 159 Å². The number of rotatable bonds is 15. The van der Waals surface area contributed by atoms with Crippen LogP contribution in [0.15, 0.2) is 146 Å². The molecule has 43 heavy (non-hydrogen) atoms. The van der Waals surface area contributed by atoms with Crippen molar-refractivity contribution < 1.29 is 0 Å². The zero-order valence-corrected chi connectivity index (χ0v) is 27.2. The predicted octanol–water partition coefficient (Wildman–Crippen LogP) is 7.16. The summed E-state index contributed by atoms with van der Waals surface area (Å²) in [6, 6.07) is 53.5. The Hall–Kier alpha value is -3.12. The molecule has 0 saturated carbocycles. The summed E-state index contributed by atoms with van der Waals surface area (Å²) in [6.07, 6.45) is 2.26. The van der Waals surface area contributed by atoms with E-state index in [0.717, 1.165) is 32.0 Å². The summed E-state index contributed by atoms with van der Waals surface area (Å²) in [6.45, 7) is 7.47. The Bertz CT molecular complexity index is 1400. The van der Waals surface area contributed by atoms with Gasteiger partial charge in [-0.3, -0.25) is 0 Å². The van der Waals surface area contributed by atoms with Crippen LogP contribution in [0.25, 0.3) is 0 Å². The highest BCUT2D eigenvalue weighted by Gasteiger charge is 2.22.